The lowest BCUT2D eigenvalue weighted by molar-refractivity contribution is -0.136. The van der Waals surface area contributed by atoms with Gasteiger partial charge in [-0.1, -0.05) is 19.1 Å². The lowest BCUT2D eigenvalue weighted by Gasteiger charge is -2.21. The Morgan fingerprint density at radius 1 is 1.11 bits per heavy atom. The first kappa shape index (κ1) is 23.6. The molecule has 0 bridgehead atoms. The second kappa shape index (κ2) is 10.2. The number of hydrogen-bond donors (Lipinski definition) is 4. The topological polar surface area (TPSA) is 145 Å². The van der Waals surface area contributed by atoms with Crippen molar-refractivity contribution in [3.63, 3.8) is 0 Å². The van der Waals surface area contributed by atoms with E-state index < -0.39 is 5.97 Å². The minimum Gasteiger partial charge on any atom is -0.481 e. The van der Waals surface area contributed by atoms with Crippen LogP contribution in [0.3, 0.4) is 0 Å². The van der Waals surface area contributed by atoms with Crippen LogP contribution in [0.25, 0.3) is 0 Å². The second-order valence-electron chi connectivity index (χ2n) is 8.23. The normalized spacial score (nSPS) is 14.1. The number of nitrogen functional groups attached to an aromatic ring is 1. The van der Waals surface area contributed by atoms with Crippen LogP contribution in [0.1, 0.15) is 40.7 Å². The predicted octanol–water partition coefficient (Wildman–Crippen LogP) is 3.79. The molecule has 0 aliphatic carbocycles. The number of aliphatic imine (C=N–C) groups is 1. The number of pyridine rings is 1. The number of carbonyl (C=O) groups excluding carboxylic acids is 1. The molecule has 0 fully saturated rings. The molecule has 0 spiro atoms. The molecule has 2 heterocycles. The number of anilines is 2. The predicted molar refractivity (Wildman–Crippen MR) is 136 cm³/mol. The molecule has 178 valence electrons. The smallest absolute Gasteiger partial charge is 0.305 e. The summed E-state index contributed by atoms with van der Waals surface area (Å²) in [6, 6.07) is 17.9. The second-order valence-corrected chi connectivity index (χ2v) is 8.23. The Kier molecular flexibility index (Phi) is 6.86. The summed E-state index contributed by atoms with van der Waals surface area (Å²) in [7, 11) is 0. The highest BCUT2D eigenvalue weighted by Crippen LogP contribution is 2.36. The van der Waals surface area contributed by atoms with Gasteiger partial charge < -0.3 is 16.2 Å². The van der Waals surface area contributed by atoms with Crippen LogP contribution in [-0.4, -0.2) is 46.6 Å². The quantitative estimate of drug-likeness (QED) is 0.277. The van der Waals surface area contributed by atoms with Gasteiger partial charge in [-0.15, -0.1) is 0 Å². The molecule has 35 heavy (non-hydrogen) atoms. The number of aliphatic carboxylic acids is 1. The zero-order chi connectivity index (χ0) is 24.9. The molecule has 9 nitrogen and oxygen atoms in total. The van der Waals surface area contributed by atoms with E-state index in [-0.39, 0.29) is 30.6 Å². The molecule has 9 heteroatoms. The van der Waals surface area contributed by atoms with Crippen LogP contribution in [0.15, 0.2) is 71.9 Å². The highest BCUT2D eigenvalue weighted by atomic mass is 16.4. The van der Waals surface area contributed by atoms with E-state index >= 15 is 0 Å². The van der Waals surface area contributed by atoms with E-state index in [1.807, 2.05) is 18.2 Å². The molecule has 4 rings (SSSR count). The van der Waals surface area contributed by atoms with Crippen molar-refractivity contribution in [1.82, 2.24) is 4.98 Å². The molecule has 0 saturated heterocycles. The van der Waals surface area contributed by atoms with Gasteiger partial charge in [0, 0.05) is 41.2 Å². The van der Waals surface area contributed by atoms with Crippen LogP contribution in [-0.2, 0) is 4.79 Å². The molecule has 0 radical (unpaired) electrons. The van der Waals surface area contributed by atoms with E-state index in [0.717, 1.165) is 22.6 Å². The number of nitrogens with two attached hydrogens (primary N) is 1. The Morgan fingerprint density at radius 2 is 1.86 bits per heavy atom. The van der Waals surface area contributed by atoms with Crippen LogP contribution < -0.4 is 16.0 Å². The first-order valence-electron chi connectivity index (χ1n) is 11.2. The minimum absolute atomic E-state index is 0.0134. The fraction of sp³-hybridized carbons (Fsp3) is 0.192. The van der Waals surface area contributed by atoms with Gasteiger partial charge in [-0.25, -0.2) is 4.98 Å². The number of aromatic nitrogens is 1. The van der Waals surface area contributed by atoms with E-state index in [1.165, 1.54) is 4.90 Å². The number of nitrogens with one attached hydrogen (secondary N) is 2. The van der Waals surface area contributed by atoms with Crippen molar-refractivity contribution in [2.75, 3.05) is 23.3 Å². The fourth-order valence-electron chi connectivity index (χ4n) is 3.92. The van der Waals surface area contributed by atoms with Crippen LogP contribution in [0.5, 0.6) is 0 Å². The molecule has 1 aliphatic heterocycles. The Balaban J connectivity index is 1.52. The van der Waals surface area contributed by atoms with Gasteiger partial charge >= 0.3 is 5.97 Å². The lowest BCUT2D eigenvalue weighted by atomic mass is 9.96. The van der Waals surface area contributed by atoms with Gasteiger partial charge in [0.25, 0.3) is 5.91 Å². The van der Waals surface area contributed by atoms with Crippen molar-refractivity contribution in [2.45, 2.75) is 19.3 Å². The molecule has 2 aromatic carbocycles. The number of benzene rings is 2. The first-order chi connectivity index (χ1) is 16.8. The molecule has 1 unspecified atom stereocenters. The number of nitrogens with zero attached hydrogens (tertiary/aromatic N) is 3. The Labute approximate surface area is 202 Å². The number of amides is 1. The average Bonchev–Trinajstić information content (AvgIpc) is 3.18. The summed E-state index contributed by atoms with van der Waals surface area (Å²) < 4.78 is 0. The largest absolute Gasteiger partial charge is 0.481 e. The highest BCUT2D eigenvalue weighted by molar-refractivity contribution is 6.07. The average molecular weight is 471 g/mol. The Morgan fingerprint density at radius 3 is 2.51 bits per heavy atom. The van der Waals surface area contributed by atoms with Gasteiger partial charge in [-0.2, -0.15) is 0 Å². The number of rotatable bonds is 9. The van der Waals surface area contributed by atoms with Gasteiger partial charge in [-0.3, -0.25) is 24.9 Å². The maximum atomic E-state index is 13.3. The maximum Gasteiger partial charge on any atom is 0.305 e. The molecule has 1 amide bonds. The van der Waals surface area contributed by atoms with E-state index in [1.54, 1.807) is 48.7 Å². The summed E-state index contributed by atoms with van der Waals surface area (Å²) in [4.78, 5) is 34.8. The van der Waals surface area contributed by atoms with Crippen LogP contribution in [0, 0.1) is 5.41 Å². The monoisotopic (exact) mass is 470 g/mol. The number of fused-ring (bicyclic) bond motifs is 1. The summed E-state index contributed by atoms with van der Waals surface area (Å²) in [5, 5.41) is 20.0. The standard InChI is InChI=1S/C26H26N6O3/c1-16-20-10-7-18(26(35)32(13-11-24(33)34)23-4-2-3-12-29-23)14-21(20)31-22(16)15-30-19-8-5-17(6-9-19)25(27)28/h2-10,12,14,16,30H,11,13,15H2,1H3,(H3,27,28)(H,33,34). The summed E-state index contributed by atoms with van der Waals surface area (Å²) in [5.74, 6) is -0.809. The number of amidine groups is 1. The lowest BCUT2D eigenvalue weighted by Crippen LogP contribution is -2.33. The Hall–Kier alpha value is -4.53. The molecule has 3 aromatic rings. The van der Waals surface area contributed by atoms with Crippen molar-refractivity contribution < 1.29 is 14.7 Å². The minimum atomic E-state index is -0.987. The van der Waals surface area contributed by atoms with E-state index in [4.69, 9.17) is 21.2 Å². The molecule has 5 N–H and O–H groups in total. The third kappa shape index (κ3) is 5.35. The van der Waals surface area contributed by atoms with Crippen molar-refractivity contribution in [1.29, 1.82) is 5.41 Å². The zero-order valence-corrected chi connectivity index (χ0v) is 19.2. The number of carboxylic acids is 1. The molecular formula is C26H26N6O3. The third-order valence-corrected chi connectivity index (χ3v) is 5.90. The third-order valence-electron chi connectivity index (χ3n) is 5.90. The van der Waals surface area contributed by atoms with Gasteiger partial charge in [0.2, 0.25) is 0 Å². The van der Waals surface area contributed by atoms with Crippen LogP contribution >= 0.6 is 0 Å². The Bertz CT molecular complexity index is 1290. The van der Waals surface area contributed by atoms with Crippen LogP contribution in [0.2, 0.25) is 0 Å². The van der Waals surface area contributed by atoms with Gasteiger partial charge in [-0.05, 0) is 54.1 Å². The SMILES string of the molecule is CC1C(CNc2ccc(C(=N)N)cc2)=Nc2cc(C(=O)N(CCC(=O)O)c3ccccn3)ccc21. The fourth-order valence-corrected chi connectivity index (χ4v) is 3.92. The number of hydrogen-bond acceptors (Lipinski definition) is 6. The van der Waals surface area contributed by atoms with Crippen molar-refractivity contribution in [3.05, 3.63) is 83.6 Å². The molecule has 1 aromatic heterocycles. The van der Waals surface area contributed by atoms with Crippen molar-refractivity contribution >= 4 is 40.6 Å². The summed E-state index contributed by atoms with van der Waals surface area (Å²) in [6.45, 7) is 2.61. The highest BCUT2D eigenvalue weighted by Gasteiger charge is 2.26. The summed E-state index contributed by atoms with van der Waals surface area (Å²) in [6.07, 6.45) is 1.38. The van der Waals surface area contributed by atoms with Crippen molar-refractivity contribution in [3.8, 4) is 0 Å². The molecular weight excluding hydrogens is 444 g/mol. The zero-order valence-electron chi connectivity index (χ0n) is 19.2. The molecule has 1 aliphatic rings. The van der Waals surface area contributed by atoms with Gasteiger partial charge in [0.05, 0.1) is 18.7 Å². The van der Waals surface area contributed by atoms with E-state index in [0.29, 0.717) is 23.5 Å². The van der Waals surface area contributed by atoms with E-state index in [2.05, 4.69) is 17.2 Å². The summed E-state index contributed by atoms with van der Waals surface area (Å²) in [5.41, 5.74) is 10.2. The van der Waals surface area contributed by atoms with Gasteiger partial charge in [0.15, 0.2) is 0 Å². The van der Waals surface area contributed by atoms with Crippen LogP contribution in [0.4, 0.5) is 17.2 Å². The van der Waals surface area contributed by atoms with Crippen molar-refractivity contribution in [2.24, 2.45) is 10.7 Å². The summed E-state index contributed by atoms with van der Waals surface area (Å²) >= 11 is 0. The molecule has 1 atom stereocenters. The number of carbonyl (C=O) groups is 2. The molecule has 0 saturated carbocycles. The number of carboxylic acid groups (broad SMARTS) is 1. The van der Waals surface area contributed by atoms with E-state index in [9.17, 15) is 9.59 Å². The first-order valence-corrected chi connectivity index (χ1v) is 11.2. The maximum absolute atomic E-state index is 13.3. The van der Waals surface area contributed by atoms with Gasteiger partial charge in [0.1, 0.15) is 11.7 Å².